The zero-order valence-corrected chi connectivity index (χ0v) is 18.6. The summed E-state index contributed by atoms with van der Waals surface area (Å²) in [6, 6.07) is 21.3. The molecule has 0 saturated heterocycles. The van der Waals surface area contributed by atoms with Crippen molar-refractivity contribution in [3.05, 3.63) is 102 Å². The number of fused-ring (bicyclic) bond motifs is 1. The fraction of sp³-hybridized carbons (Fsp3) is 0.0741. The first-order valence-corrected chi connectivity index (χ1v) is 10.9. The van der Waals surface area contributed by atoms with Gasteiger partial charge in [0.25, 0.3) is 5.91 Å². The molecule has 0 spiro atoms. The lowest BCUT2D eigenvalue weighted by atomic mass is 10.0. The summed E-state index contributed by atoms with van der Waals surface area (Å²) in [5.41, 5.74) is 12.1. The number of amides is 1. The van der Waals surface area contributed by atoms with Crippen LogP contribution in [0.1, 0.15) is 21.6 Å². The molecular formula is C27H22N6O. The van der Waals surface area contributed by atoms with E-state index in [1.165, 1.54) is 0 Å². The van der Waals surface area contributed by atoms with Gasteiger partial charge in [-0.3, -0.25) is 14.8 Å². The second kappa shape index (κ2) is 9.07. The summed E-state index contributed by atoms with van der Waals surface area (Å²) in [6.07, 6.45) is 5.22. The van der Waals surface area contributed by atoms with Gasteiger partial charge in [0.05, 0.1) is 16.9 Å². The zero-order valence-electron chi connectivity index (χ0n) is 18.6. The van der Waals surface area contributed by atoms with E-state index in [2.05, 4.69) is 20.3 Å². The number of nitrogen functional groups attached to an aromatic ring is 1. The highest BCUT2D eigenvalue weighted by Crippen LogP contribution is 2.32. The smallest absolute Gasteiger partial charge is 0.274 e. The Kier molecular flexibility index (Phi) is 5.66. The summed E-state index contributed by atoms with van der Waals surface area (Å²) in [4.78, 5) is 30.9. The van der Waals surface area contributed by atoms with Gasteiger partial charge in [-0.2, -0.15) is 0 Å². The Morgan fingerprint density at radius 3 is 2.56 bits per heavy atom. The maximum atomic E-state index is 13.1. The Morgan fingerprint density at radius 2 is 1.74 bits per heavy atom. The van der Waals surface area contributed by atoms with Crippen molar-refractivity contribution < 1.29 is 4.79 Å². The lowest BCUT2D eigenvalue weighted by molar-refractivity contribution is 0.0946. The minimum atomic E-state index is -0.385. The van der Waals surface area contributed by atoms with Crippen LogP contribution in [-0.2, 0) is 6.54 Å². The number of rotatable bonds is 5. The third kappa shape index (κ3) is 4.19. The van der Waals surface area contributed by atoms with Gasteiger partial charge in [-0.15, -0.1) is 0 Å². The second-order valence-electron chi connectivity index (χ2n) is 7.92. The molecule has 0 bridgehead atoms. The van der Waals surface area contributed by atoms with Gasteiger partial charge in [0, 0.05) is 41.6 Å². The summed E-state index contributed by atoms with van der Waals surface area (Å²) < 4.78 is 0. The fourth-order valence-corrected chi connectivity index (χ4v) is 3.80. The van der Waals surface area contributed by atoms with Gasteiger partial charge in [0.1, 0.15) is 0 Å². The van der Waals surface area contributed by atoms with Gasteiger partial charge >= 0.3 is 0 Å². The third-order valence-corrected chi connectivity index (χ3v) is 5.64. The Bertz CT molecular complexity index is 1500. The van der Waals surface area contributed by atoms with Crippen LogP contribution in [0.5, 0.6) is 0 Å². The number of pyridine rings is 2. The molecule has 7 nitrogen and oxygen atoms in total. The molecule has 5 rings (SSSR count). The van der Waals surface area contributed by atoms with Crippen molar-refractivity contribution in [3.8, 4) is 22.5 Å². The minimum Gasteiger partial charge on any atom is -0.382 e. The van der Waals surface area contributed by atoms with Crippen LogP contribution in [0.3, 0.4) is 0 Å². The predicted octanol–water partition coefficient (Wildman–Crippen LogP) is 4.57. The predicted molar refractivity (Wildman–Crippen MR) is 133 cm³/mol. The highest BCUT2D eigenvalue weighted by Gasteiger charge is 2.20. The number of benzene rings is 2. The van der Waals surface area contributed by atoms with Crippen LogP contribution in [-0.4, -0.2) is 25.8 Å². The van der Waals surface area contributed by atoms with E-state index in [0.29, 0.717) is 17.9 Å². The van der Waals surface area contributed by atoms with Crippen molar-refractivity contribution in [2.75, 3.05) is 5.73 Å². The second-order valence-corrected chi connectivity index (χ2v) is 7.92. The summed E-state index contributed by atoms with van der Waals surface area (Å²) in [5.74, 6) is -0.307. The first-order chi connectivity index (χ1) is 16.6. The van der Waals surface area contributed by atoms with E-state index in [1.54, 1.807) is 18.6 Å². The van der Waals surface area contributed by atoms with E-state index < -0.39 is 0 Å². The maximum absolute atomic E-state index is 13.1. The molecule has 0 radical (unpaired) electrons. The molecule has 3 N–H and O–H groups in total. The lowest BCUT2D eigenvalue weighted by Gasteiger charge is -2.14. The maximum Gasteiger partial charge on any atom is 0.274 e. The molecule has 0 aliphatic heterocycles. The monoisotopic (exact) mass is 446 g/mol. The molecule has 0 aliphatic carbocycles. The standard InChI is InChI=1S/C27H22N6O/c1-17-15-29-13-11-21(17)16-31-27(34)25-26(28)33-23(18-6-3-2-4-7-18)24(32-25)20-9-10-22-19(14-20)8-5-12-30-22/h2-15H,16H2,1H3,(H2,28,33)(H,31,34). The van der Waals surface area contributed by atoms with Gasteiger partial charge in [-0.25, -0.2) is 9.97 Å². The highest BCUT2D eigenvalue weighted by atomic mass is 16.1. The van der Waals surface area contributed by atoms with Crippen LogP contribution in [0.2, 0.25) is 0 Å². The van der Waals surface area contributed by atoms with Crippen molar-refractivity contribution in [2.45, 2.75) is 13.5 Å². The number of hydrogen-bond acceptors (Lipinski definition) is 6. The number of nitrogens with one attached hydrogen (secondary N) is 1. The highest BCUT2D eigenvalue weighted by molar-refractivity contribution is 5.98. The number of aromatic nitrogens is 4. The zero-order chi connectivity index (χ0) is 23.5. The molecule has 0 fully saturated rings. The van der Waals surface area contributed by atoms with Gasteiger partial charge in [-0.1, -0.05) is 42.5 Å². The molecule has 0 aliphatic rings. The minimum absolute atomic E-state index is 0.0778. The van der Waals surface area contributed by atoms with E-state index in [4.69, 9.17) is 10.7 Å². The Labute approximate surface area is 196 Å². The van der Waals surface area contributed by atoms with Crippen LogP contribution in [0.15, 0.2) is 85.3 Å². The first-order valence-electron chi connectivity index (χ1n) is 10.9. The van der Waals surface area contributed by atoms with Crippen LogP contribution < -0.4 is 11.1 Å². The number of carbonyl (C=O) groups excluding carboxylic acids is 1. The molecule has 1 amide bonds. The normalized spacial score (nSPS) is 10.9. The summed E-state index contributed by atoms with van der Waals surface area (Å²) >= 11 is 0. The number of nitrogens with two attached hydrogens (primary N) is 1. The first kappa shape index (κ1) is 21.2. The molecule has 2 aromatic carbocycles. The largest absolute Gasteiger partial charge is 0.382 e. The van der Waals surface area contributed by atoms with Gasteiger partial charge in [0.2, 0.25) is 0 Å². The molecule has 3 aromatic heterocycles. The van der Waals surface area contributed by atoms with Crippen molar-refractivity contribution in [2.24, 2.45) is 0 Å². The number of anilines is 1. The van der Waals surface area contributed by atoms with Crippen molar-refractivity contribution in [3.63, 3.8) is 0 Å². The summed E-state index contributed by atoms with van der Waals surface area (Å²) in [6.45, 7) is 2.29. The van der Waals surface area contributed by atoms with E-state index in [1.807, 2.05) is 73.7 Å². The molecule has 3 heterocycles. The van der Waals surface area contributed by atoms with Gasteiger partial charge < -0.3 is 11.1 Å². The molecule has 5 aromatic rings. The Balaban J connectivity index is 1.58. The summed E-state index contributed by atoms with van der Waals surface area (Å²) in [7, 11) is 0. The molecule has 0 atom stereocenters. The average molecular weight is 447 g/mol. The Hall–Kier alpha value is -4.65. The van der Waals surface area contributed by atoms with E-state index in [-0.39, 0.29) is 17.4 Å². The number of hydrogen-bond donors (Lipinski definition) is 2. The van der Waals surface area contributed by atoms with Crippen molar-refractivity contribution >= 4 is 22.6 Å². The number of aryl methyl sites for hydroxylation is 1. The van der Waals surface area contributed by atoms with Crippen molar-refractivity contribution in [1.29, 1.82) is 0 Å². The number of nitrogens with zero attached hydrogens (tertiary/aromatic N) is 4. The number of carbonyl (C=O) groups is 1. The molecule has 0 unspecified atom stereocenters. The topological polar surface area (TPSA) is 107 Å². The van der Waals surface area contributed by atoms with E-state index >= 15 is 0 Å². The third-order valence-electron chi connectivity index (χ3n) is 5.64. The quantitative estimate of drug-likeness (QED) is 0.409. The van der Waals surface area contributed by atoms with Crippen LogP contribution >= 0.6 is 0 Å². The van der Waals surface area contributed by atoms with E-state index in [0.717, 1.165) is 33.2 Å². The lowest BCUT2D eigenvalue weighted by Crippen LogP contribution is -2.26. The summed E-state index contributed by atoms with van der Waals surface area (Å²) in [5, 5.41) is 3.87. The van der Waals surface area contributed by atoms with Crippen LogP contribution in [0, 0.1) is 6.92 Å². The molecule has 0 saturated carbocycles. The van der Waals surface area contributed by atoms with Crippen molar-refractivity contribution in [1.82, 2.24) is 25.3 Å². The van der Waals surface area contributed by atoms with Gasteiger partial charge in [0.15, 0.2) is 11.5 Å². The molecular weight excluding hydrogens is 424 g/mol. The Morgan fingerprint density at radius 1 is 0.912 bits per heavy atom. The molecule has 166 valence electrons. The van der Waals surface area contributed by atoms with Gasteiger partial charge in [-0.05, 0) is 42.3 Å². The van der Waals surface area contributed by atoms with Crippen LogP contribution in [0.25, 0.3) is 33.4 Å². The molecule has 34 heavy (non-hydrogen) atoms. The van der Waals surface area contributed by atoms with E-state index in [9.17, 15) is 4.79 Å². The SMILES string of the molecule is Cc1cnccc1CNC(=O)c1nc(-c2ccc3ncccc3c2)c(-c2ccccc2)nc1N. The average Bonchev–Trinajstić information content (AvgIpc) is 2.88. The fourth-order valence-electron chi connectivity index (χ4n) is 3.80. The molecule has 7 heteroatoms. The van der Waals surface area contributed by atoms with Crippen LogP contribution in [0.4, 0.5) is 5.82 Å².